The van der Waals surface area contributed by atoms with Crippen molar-refractivity contribution in [2.24, 2.45) is 0 Å². The van der Waals surface area contributed by atoms with Crippen molar-refractivity contribution in [3.63, 3.8) is 0 Å². The second kappa shape index (κ2) is 10.2. The molecule has 0 saturated carbocycles. The van der Waals surface area contributed by atoms with E-state index < -0.39 is 0 Å². The van der Waals surface area contributed by atoms with E-state index in [0.29, 0.717) is 5.75 Å². The number of fused-ring (bicyclic) bond motifs is 3. The van der Waals surface area contributed by atoms with E-state index in [4.69, 9.17) is 19.4 Å². The molecule has 0 saturated heterocycles. The molecule has 0 radical (unpaired) electrons. The van der Waals surface area contributed by atoms with Crippen LogP contribution >= 0.6 is 34.0 Å². The van der Waals surface area contributed by atoms with Crippen molar-refractivity contribution in [3.05, 3.63) is 82.7 Å². The first-order valence-corrected chi connectivity index (χ1v) is 15.2. The normalized spacial score (nSPS) is 13.6. The fourth-order valence-corrected chi connectivity index (χ4v) is 8.51. The van der Waals surface area contributed by atoms with Gasteiger partial charge in [-0.25, -0.2) is 9.97 Å². The Balaban J connectivity index is 1.29. The van der Waals surface area contributed by atoms with Gasteiger partial charge in [0.1, 0.15) is 27.0 Å². The first kappa shape index (κ1) is 24.5. The molecule has 4 heterocycles. The number of thiophene rings is 1. The number of nitrogens with zero attached hydrogens (tertiary/aromatic N) is 3. The van der Waals surface area contributed by atoms with Crippen LogP contribution < -0.4 is 14.8 Å². The molecule has 6 aromatic rings. The Morgan fingerprint density at radius 3 is 2.56 bits per heavy atom. The Kier molecular flexibility index (Phi) is 6.44. The fraction of sp³-hybridized carbons (Fsp3) is 0.200. The first-order chi connectivity index (χ1) is 19.2. The SMILES string of the molecule is COc1cc(OC)c2nc(Nc3sc4c(c3-c3nc5ccccc5s3)CCN(Cc3ccccc3)C4)sc2c1. The molecule has 1 aliphatic rings. The average molecular weight is 571 g/mol. The maximum absolute atomic E-state index is 5.61. The fourth-order valence-electron chi connectivity index (χ4n) is 5.13. The maximum atomic E-state index is 5.61. The van der Waals surface area contributed by atoms with Gasteiger partial charge in [-0.1, -0.05) is 53.8 Å². The summed E-state index contributed by atoms with van der Waals surface area (Å²) < 4.78 is 13.3. The molecule has 196 valence electrons. The Morgan fingerprint density at radius 1 is 0.897 bits per heavy atom. The van der Waals surface area contributed by atoms with Crippen molar-refractivity contribution in [2.45, 2.75) is 19.5 Å². The maximum Gasteiger partial charge on any atom is 0.189 e. The van der Waals surface area contributed by atoms with E-state index >= 15 is 0 Å². The predicted molar refractivity (Wildman–Crippen MR) is 163 cm³/mol. The van der Waals surface area contributed by atoms with E-state index in [1.807, 2.05) is 23.5 Å². The van der Waals surface area contributed by atoms with Gasteiger partial charge in [-0.3, -0.25) is 4.90 Å². The van der Waals surface area contributed by atoms with E-state index in [1.54, 1.807) is 36.9 Å². The average Bonchev–Trinajstić information content (AvgIpc) is 3.66. The number of anilines is 2. The van der Waals surface area contributed by atoms with Crippen molar-refractivity contribution in [3.8, 4) is 22.1 Å². The predicted octanol–water partition coefficient (Wildman–Crippen LogP) is 7.95. The monoisotopic (exact) mass is 570 g/mol. The quantitative estimate of drug-likeness (QED) is 0.210. The minimum absolute atomic E-state index is 0.710. The van der Waals surface area contributed by atoms with Crippen LogP contribution in [0.4, 0.5) is 10.1 Å². The molecular formula is C30H26N4O2S3. The van der Waals surface area contributed by atoms with Gasteiger partial charge < -0.3 is 14.8 Å². The molecule has 7 rings (SSSR count). The number of benzene rings is 3. The van der Waals surface area contributed by atoms with Gasteiger partial charge in [0.05, 0.1) is 29.1 Å². The van der Waals surface area contributed by atoms with Crippen LogP contribution in [0.2, 0.25) is 0 Å². The van der Waals surface area contributed by atoms with Crippen molar-refractivity contribution in [2.75, 3.05) is 26.1 Å². The lowest BCUT2D eigenvalue weighted by atomic mass is 10.0. The molecule has 6 nitrogen and oxygen atoms in total. The van der Waals surface area contributed by atoms with E-state index in [9.17, 15) is 0 Å². The van der Waals surface area contributed by atoms with Crippen molar-refractivity contribution >= 4 is 64.6 Å². The van der Waals surface area contributed by atoms with Gasteiger partial charge in [-0.05, 0) is 35.7 Å². The Bertz CT molecular complexity index is 1760. The zero-order valence-electron chi connectivity index (χ0n) is 21.6. The second-order valence-corrected chi connectivity index (χ2v) is 12.6. The number of aromatic nitrogens is 2. The van der Waals surface area contributed by atoms with Crippen LogP contribution in [0, 0.1) is 0 Å². The highest BCUT2D eigenvalue weighted by atomic mass is 32.1. The van der Waals surface area contributed by atoms with Gasteiger partial charge in [0.15, 0.2) is 5.13 Å². The molecule has 0 amide bonds. The summed E-state index contributed by atoms with van der Waals surface area (Å²) in [5.74, 6) is 1.47. The first-order valence-electron chi connectivity index (χ1n) is 12.7. The van der Waals surface area contributed by atoms with Gasteiger partial charge in [0.2, 0.25) is 0 Å². The minimum atomic E-state index is 0.710. The van der Waals surface area contributed by atoms with Gasteiger partial charge in [0.25, 0.3) is 0 Å². The van der Waals surface area contributed by atoms with E-state index in [2.05, 4.69) is 64.8 Å². The summed E-state index contributed by atoms with van der Waals surface area (Å²) >= 11 is 5.19. The highest BCUT2D eigenvalue weighted by molar-refractivity contribution is 7.24. The van der Waals surface area contributed by atoms with E-state index in [1.165, 1.54) is 26.3 Å². The zero-order valence-corrected chi connectivity index (χ0v) is 24.0. The molecule has 3 aromatic heterocycles. The molecule has 3 aromatic carbocycles. The number of rotatable bonds is 7. The minimum Gasteiger partial charge on any atom is -0.497 e. The van der Waals surface area contributed by atoms with Crippen molar-refractivity contribution in [1.29, 1.82) is 0 Å². The van der Waals surface area contributed by atoms with Crippen LogP contribution in [0.25, 0.3) is 31.0 Å². The number of hydrogen-bond donors (Lipinski definition) is 1. The molecule has 0 unspecified atom stereocenters. The lowest BCUT2D eigenvalue weighted by Gasteiger charge is -2.27. The Hall–Kier alpha value is -3.50. The molecule has 0 aliphatic carbocycles. The highest BCUT2D eigenvalue weighted by Gasteiger charge is 2.28. The van der Waals surface area contributed by atoms with Crippen LogP contribution in [-0.4, -0.2) is 35.6 Å². The molecule has 0 atom stereocenters. The summed E-state index contributed by atoms with van der Waals surface area (Å²) in [6.45, 7) is 2.91. The van der Waals surface area contributed by atoms with Gasteiger partial charge in [-0.2, -0.15) is 0 Å². The topological polar surface area (TPSA) is 59.5 Å². The molecule has 0 spiro atoms. The summed E-state index contributed by atoms with van der Waals surface area (Å²) in [5.41, 5.74) is 5.86. The van der Waals surface area contributed by atoms with E-state index in [-0.39, 0.29) is 0 Å². The van der Waals surface area contributed by atoms with Crippen LogP contribution in [0.3, 0.4) is 0 Å². The third-order valence-corrected chi connectivity index (χ3v) is 10.1. The number of para-hydroxylation sites is 1. The zero-order chi connectivity index (χ0) is 26.3. The molecule has 0 fully saturated rings. The summed E-state index contributed by atoms with van der Waals surface area (Å²) in [6.07, 6.45) is 0.996. The van der Waals surface area contributed by atoms with Crippen molar-refractivity contribution < 1.29 is 9.47 Å². The number of nitrogens with one attached hydrogen (secondary N) is 1. The third kappa shape index (κ3) is 4.65. The molecule has 9 heteroatoms. The summed E-state index contributed by atoms with van der Waals surface area (Å²) in [6, 6.07) is 23.0. The number of hydrogen-bond acceptors (Lipinski definition) is 9. The van der Waals surface area contributed by atoms with Crippen LogP contribution in [-0.2, 0) is 19.5 Å². The van der Waals surface area contributed by atoms with Crippen LogP contribution in [0.15, 0.2) is 66.7 Å². The second-order valence-electron chi connectivity index (χ2n) is 9.46. The van der Waals surface area contributed by atoms with Gasteiger partial charge >= 0.3 is 0 Å². The van der Waals surface area contributed by atoms with Gasteiger partial charge in [0, 0.05) is 36.1 Å². The standard InChI is InChI=1S/C30H26N4O2S3/c1-35-19-14-22(36-2)27-24(15-19)39-30(32-27)33-29-26(28-31-21-10-6-7-11-23(21)37-28)20-12-13-34(17-25(20)38-29)16-18-8-4-3-5-9-18/h3-11,14-15H,12-13,16-17H2,1-2H3,(H,32,33). The Morgan fingerprint density at radius 2 is 1.74 bits per heavy atom. The molecular weight excluding hydrogens is 545 g/mol. The highest BCUT2D eigenvalue weighted by Crippen LogP contribution is 2.48. The lowest BCUT2D eigenvalue weighted by molar-refractivity contribution is 0.249. The number of ether oxygens (including phenoxy) is 2. The summed E-state index contributed by atoms with van der Waals surface area (Å²) in [7, 11) is 3.34. The summed E-state index contributed by atoms with van der Waals surface area (Å²) in [4.78, 5) is 13.9. The number of thiazole rings is 2. The third-order valence-electron chi connectivity index (χ3n) is 7.00. The Labute approximate surface area is 238 Å². The molecule has 1 N–H and O–H groups in total. The largest absolute Gasteiger partial charge is 0.497 e. The number of methoxy groups -OCH3 is 2. The summed E-state index contributed by atoms with van der Waals surface area (Å²) in [5, 5.41) is 6.69. The molecule has 0 bridgehead atoms. The van der Waals surface area contributed by atoms with E-state index in [0.717, 1.165) is 62.7 Å². The van der Waals surface area contributed by atoms with Crippen LogP contribution in [0.1, 0.15) is 16.0 Å². The molecule has 39 heavy (non-hydrogen) atoms. The van der Waals surface area contributed by atoms with Crippen molar-refractivity contribution in [1.82, 2.24) is 14.9 Å². The lowest BCUT2D eigenvalue weighted by Crippen LogP contribution is -2.29. The van der Waals surface area contributed by atoms with Gasteiger partial charge in [-0.15, -0.1) is 22.7 Å². The molecule has 1 aliphatic heterocycles. The smallest absolute Gasteiger partial charge is 0.189 e. The van der Waals surface area contributed by atoms with Crippen LogP contribution in [0.5, 0.6) is 11.5 Å².